The van der Waals surface area contributed by atoms with Gasteiger partial charge in [-0.15, -0.1) is 11.3 Å². The van der Waals surface area contributed by atoms with Crippen LogP contribution in [0.2, 0.25) is 0 Å². The third kappa shape index (κ3) is 3.82. The first-order valence-electron chi connectivity index (χ1n) is 5.98. The van der Waals surface area contributed by atoms with E-state index in [1.54, 1.807) is 0 Å². The highest BCUT2D eigenvalue weighted by atomic mass is 32.1. The predicted octanol–water partition coefficient (Wildman–Crippen LogP) is 4.43. The molecule has 0 spiro atoms. The van der Waals surface area contributed by atoms with Crippen LogP contribution in [-0.4, -0.2) is 11.1 Å². The van der Waals surface area contributed by atoms with E-state index in [1.165, 1.54) is 17.6 Å². The van der Waals surface area contributed by atoms with Crippen molar-refractivity contribution in [3.63, 3.8) is 0 Å². The molecule has 0 atom stereocenters. The van der Waals surface area contributed by atoms with Crippen molar-refractivity contribution >= 4 is 28.9 Å². The van der Waals surface area contributed by atoms with E-state index in [2.05, 4.69) is 10.5 Å². The zero-order valence-electron chi connectivity index (χ0n) is 11.2. The highest BCUT2D eigenvalue weighted by molar-refractivity contribution is 7.13. The molecule has 9 heteroatoms. The molecule has 0 aliphatic rings. The molecule has 0 saturated heterocycles. The van der Waals surface area contributed by atoms with Crippen LogP contribution in [0.4, 0.5) is 24.5 Å². The number of nitrogens with zero attached hydrogens (tertiary/aromatic N) is 2. The van der Waals surface area contributed by atoms with E-state index in [-0.39, 0.29) is 5.69 Å². The second-order valence-corrected chi connectivity index (χ2v) is 5.62. The van der Waals surface area contributed by atoms with Gasteiger partial charge in [0.1, 0.15) is 5.69 Å². The van der Waals surface area contributed by atoms with Crippen molar-refractivity contribution < 1.29 is 18.1 Å². The number of hydrogen-bond donors (Lipinski definition) is 1. The predicted molar refractivity (Wildman–Crippen MR) is 78.4 cm³/mol. The molecule has 1 N–H and O–H groups in total. The van der Waals surface area contributed by atoms with Gasteiger partial charge in [-0.2, -0.15) is 18.3 Å². The Morgan fingerprint density at radius 2 is 2.05 bits per heavy atom. The first-order valence-corrected chi connectivity index (χ1v) is 6.80. The Kier molecular flexibility index (Phi) is 4.45. The number of hydrogen-bond acceptors (Lipinski definition) is 5. The average molecular weight is 329 g/mol. The molecule has 5 nitrogen and oxygen atoms in total. The molecular formula is C13H10F3N3O2S. The Balaban J connectivity index is 2.23. The number of benzene rings is 1. The fraction of sp³-hybridized carbons (Fsp3) is 0.154. The molecular weight excluding hydrogens is 319 g/mol. The third-order valence-electron chi connectivity index (χ3n) is 2.66. The lowest BCUT2D eigenvalue weighted by Crippen LogP contribution is -2.06. The largest absolute Gasteiger partial charge is 0.416 e. The fourth-order valence-electron chi connectivity index (χ4n) is 1.64. The molecule has 0 saturated carbocycles. The van der Waals surface area contributed by atoms with Gasteiger partial charge in [0.25, 0.3) is 5.69 Å². The molecule has 0 radical (unpaired) electrons. The number of rotatable bonds is 4. The third-order valence-corrected chi connectivity index (χ3v) is 3.59. The molecule has 0 aliphatic heterocycles. The number of aryl methyl sites for hydroxylation is 1. The summed E-state index contributed by atoms with van der Waals surface area (Å²) in [5.41, 5.74) is 0.523. The van der Waals surface area contributed by atoms with Gasteiger partial charge >= 0.3 is 6.18 Å². The van der Waals surface area contributed by atoms with Crippen LogP contribution in [0, 0.1) is 17.0 Å². The lowest BCUT2D eigenvalue weighted by atomic mass is 10.1. The van der Waals surface area contributed by atoms with E-state index >= 15 is 0 Å². The highest BCUT2D eigenvalue weighted by Gasteiger charge is 2.33. The zero-order chi connectivity index (χ0) is 16.3. The van der Waals surface area contributed by atoms with E-state index in [4.69, 9.17) is 0 Å². The van der Waals surface area contributed by atoms with E-state index in [0.29, 0.717) is 6.07 Å². The quantitative estimate of drug-likeness (QED) is 0.512. The standard InChI is InChI=1S/C13H10F3N3O2S/c1-8-2-4-10(22-8)7-17-18-11-5-3-9(13(14,15)16)6-12(11)19(20)21/h2-7,18H,1H3/b17-7-. The second kappa shape index (κ2) is 6.14. The van der Waals surface area contributed by atoms with E-state index in [0.717, 1.165) is 21.9 Å². The number of thiophene rings is 1. The SMILES string of the molecule is Cc1ccc(/C=N\Nc2ccc(C(F)(F)F)cc2[N+](=O)[O-])s1. The first kappa shape index (κ1) is 16.0. The number of alkyl halides is 3. The van der Waals surface area contributed by atoms with Crippen molar-refractivity contribution in [2.24, 2.45) is 5.10 Å². The number of nitrogens with one attached hydrogen (secondary N) is 1. The van der Waals surface area contributed by atoms with Crippen LogP contribution in [0.25, 0.3) is 0 Å². The number of halogens is 3. The molecule has 2 aromatic rings. The number of nitro benzene ring substituents is 1. The van der Waals surface area contributed by atoms with Gasteiger partial charge in [-0.05, 0) is 31.2 Å². The maximum Gasteiger partial charge on any atom is 0.416 e. The van der Waals surface area contributed by atoms with E-state index in [9.17, 15) is 23.3 Å². The average Bonchev–Trinajstić information content (AvgIpc) is 2.83. The lowest BCUT2D eigenvalue weighted by Gasteiger charge is -2.08. The van der Waals surface area contributed by atoms with Gasteiger partial charge in [0.05, 0.1) is 16.7 Å². The van der Waals surface area contributed by atoms with Crippen LogP contribution in [0.3, 0.4) is 0 Å². The van der Waals surface area contributed by atoms with E-state index < -0.39 is 22.4 Å². The molecule has 2 rings (SSSR count). The smallest absolute Gasteiger partial charge is 0.272 e. The van der Waals surface area contributed by atoms with Gasteiger partial charge in [0.2, 0.25) is 0 Å². The minimum atomic E-state index is -4.64. The molecule has 1 heterocycles. The van der Waals surface area contributed by atoms with Gasteiger partial charge in [-0.25, -0.2) is 0 Å². The van der Waals surface area contributed by atoms with Crippen molar-refractivity contribution in [1.82, 2.24) is 0 Å². The van der Waals surface area contributed by atoms with Crippen molar-refractivity contribution in [1.29, 1.82) is 0 Å². The topological polar surface area (TPSA) is 67.5 Å². The molecule has 0 amide bonds. The molecule has 116 valence electrons. The minimum absolute atomic E-state index is 0.109. The van der Waals surface area contributed by atoms with Gasteiger partial charge in [0.15, 0.2) is 0 Å². The van der Waals surface area contributed by atoms with Gasteiger partial charge < -0.3 is 0 Å². The maximum atomic E-state index is 12.6. The molecule has 1 aromatic heterocycles. The molecule has 1 aromatic carbocycles. The molecule has 0 bridgehead atoms. The Bertz CT molecular complexity index is 726. The molecule has 22 heavy (non-hydrogen) atoms. The maximum absolute atomic E-state index is 12.6. The first-order chi connectivity index (χ1) is 10.3. The molecule has 0 fully saturated rings. The van der Waals surface area contributed by atoms with Crippen LogP contribution in [0.15, 0.2) is 35.4 Å². The Morgan fingerprint density at radius 3 is 2.59 bits per heavy atom. The van der Waals surface area contributed by atoms with Crippen LogP contribution < -0.4 is 5.43 Å². The van der Waals surface area contributed by atoms with Crippen LogP contribution >= 0.6 is 11.3 Å². The van der Waals surface area contributed by atoms with Crippen molar-refractivity contribution in [3.05, 3.63) is 55.8 Å². The Labute approximate surface area is 127 Å². The lowest BCUT2D eigenvalue weighted by molar-refractivity contribution is -0.384. The number of anilines is 1. The summed E-state index contributed by atoms with van der Waals surface area (Å²) in [6.45, 7) is 1.91. The van der Waals surface area contributed by atoms with Crippen molar-refractivity contribution in [3.8, 4) is 0 Å². The van der Waals surface area contributed by atoms with E-state index in [1.807, 2.05) is 19.1 Å². The summed E-state index contributed by atoms with van der Waals surface area (Å²) in [4.78, 5) is 11.9. The van der Waals surface area contributed by atoms with Crippen molar-refractivity contribution in [2.45, 2.75) is 13.1 Å². The van der Waals surface area contributed by atoms with Gasteiger partial charge in [-0.3, -0.25) is 15.5 Å². The summed E-state index contributed by atoms with van der Waals surface area (Å²) in [5, 5.41) is 14.7. The fourth-order valence-corrected chi connectivity index (χ4v) is 2.39. The van der Waals surface area contributed by atoms with Crippen LogP contribution in [0.1, 0.15) is 15.3 Å². The summed E-state index contributed by atoms with van der Waals surface area (Å²) in [6, 6.07) is 5.92. The summed E-state index contributed by atoms with van der Waals surface area (Å²) in [5.74, 6) is 0. The normalized spacial score (nSPS) is 11.8. The monoisotopic (exact) mass is 329 g/mol. The Morgan fingerprint density at radius 1 is 1.32 bits per heavy atom. The van der Waals surface area contributed by atoms with Crippen LogP contribution in [0.5, 0.6) is 0 Å². The summed E-state index contributed by atoms with van der Waals surface area (Å²) < 4.78 is 37.7. The molecule has 0 unspecified atom stereocenters. The second-order valence-electron chi connectivity index (χ2n) is 4.31. The summed E-state index contributed by atoms with van der Waals surface area (Å²) in [7, 11) is 0. The van der Waals surface area contributed by atoms with Crippen LogP contribution in [-0.2, 0) is 6.18 Å². The summed E-state index contributed by atoms with van der Waals surface area (Å²) in [6.07, 6.45) is -3.19. The number of hydrazone groups is 1. The minimum Gasteiger partial charge on any atom is -0.272 e. The highest BCUT2D eigenvalue weighted by Crippen LogP contribution is 2.34. The molecule has 0 aliphatic carbocycles. The van der Waals surface area contributed by atoms with Crippen molar-refractivity contribution in [2.75, 3.05) is 5.43 Å². The van der Waals surface area contributed by atoms with Gasteiger partial charge in [0, 0.05) is 15.8 Å². The number of nitro groups is 1. The van der Waals surface area contributed by atoms with Gasteiger partial charge in [-0.1, -0.05) is 0 Å². The Hall–Kier alpha value is -2.42. The summed E-state index contributed by atoms with van der Waals surface area (Å²) >= 11 is 1.47. The zero-order valence-corrected chi connectivity index (χ0v) is 12.0.